The Balaban J connectivity index is 2.41. The zero-order valence-electron chi connectivity index (χ0n) is 8.82. The summed E-state index contributed by atoms with van der Waals surface area (Å²) < 4.78 is 0. The molecule has 2 heteroatoms. The van der Waals surface area contributed by atoms with Crippen LogP contribution in [-0.4, -0.2) is 10.9 Å². The summed E-state index contributed by atoms with van der Waals surface area (Å²) in [6.45, 7) is 5.87. The monoisotopic (exact) mass is 192 g/mol. The average molecular weight is 192 g/mol. The van der Waals surface area contributed by atoms with Crippen molar-refractivity contribution in [2.75, 3.05) is 0 Å². The van der Waals surface area contributed by atoms with Gasteiger partial charge in [0.2, 0.25) is 0 Å². The van der Waals surface area contributed by atoms with Crippen LogP contribution in [0.4, 0.5) is 0 Å². The maximum Gasteiger partial charge on any atom is 0.163 e. The van der Waals surface area contributed by atoms with E-state index < -0.39 is 0 Å². The van der Waals surface area contributed by atoms with E-state index in [1.54, 1.807) is 0 Å². The van der Waals surface area contributed by atoms with Crippen molar-refractivity contribution in [2.45, 2.75) is 20.8 Å². The Morgan fingerprint density at radius 3 is 2.21 bits per heavy atom. The lowest BCUT2D eigenvalue weighted by Gasteiger charge is -2.45. The van der Waals surface area contributed by atoms with Gasteiger partial charge >= 0.3 is 0 Å². The maximum absolute atomic E-state index is 11.3. The highest BCUT2D eigenvalue weighted by Crippen LogP contribution is 2.50. The average Bonchev–Trinajstić information content (AvgIpc) is 2.33. The molecule has 0 radical (unpaired) electrons. The predicted molar refractivity (Wildman–Crippen MR) is 54.8 cm³/mol. The van der Waals surface area contributed by atoms with Gasteiger partial charge in [-0.2, -0.15) is 0 Å². The SMILES string of the molecule is CC(=O)C1=CC2C(C)C(C=C1O)C2C. The van der Waals surface area contributed by atoms with Gasteiger partial charge in [0.15, 0.2) is 5.78 Å². The van der Waals surface area contributed by atoms with Crippen molar-refractivity contribution in [1.29, 1.82) is 0 Å². The van der Waals surface area contributed by atoms with Gasteiger partial charge in [-0.1, -0.05) is 19.9 Å². The summed E-state index contributed by atoms with van der Waals surface area (Å²) in [5.74, 6) is 2.16. The number of carbonyl (C=O) groups is 1. The van der Waals surface area contributed by atoms with Crippen LogP contribution in [0.5, 0.6) is 0 Å². The van der Waals surface area contributed by atoms with E-state index in [1.165, 1.54) is 6.92 Å². The van der Waals surface area contributed by atoms with Gasteiger partial charge in [0.05, 0.1) is 5.57 Å². The number of fused-ring (bicyclic) bond motifs is 1. The molecule has 0 aliphatic heterocycles. The first-order chi connectivity index (χ1) is 6.52. The van der Waals surface area contributed by atoms with Gasteiger partial charge in [0, 0.05) is 0 Å². The van der Waals surface area contributed by atoms with Gasteiger partial charge < -0.3 is 5.11 Å². The minimum Gasteiger partial charge on any atom is -0.508 e. The normalized spacial score (nSPS) is 40.5. The molecule has 1 N–H and O–H groups in total. The van der Waals surface area contributed by atoms with Gasteiger partial charge in [-0.3, -0.25) is 4.79 Å². The molecule has 1 fully saturated rings. The minimum absolute atomic E-state index is 0.0364. The van der Waals surface area contributed by atoms with Gasteiger partial charge in [-0.05, 0) is 36.7 Å². The molecule has 1 saturated carbocycles. The third-order valence-corrected chi connectivity index (χ3v) is 3.79. The second kappa shape index (κ2) is 2.97. The zero-order valence-corrected chi connectivity index (χ0v) is 8.82. The third-order valence-electron chi connectivity index (χ3n) is 3.79. The van der Waals surface area contributed by atoms with E-state index in [2.05, 4.69) is 13.8 Å². The first kappa shape index (κ1) is 9.50. The molecule has 3 aliphatic carbocycles. The van der Waals surface area contributed by atoms with Crippen LogP contribution >= 0.6 is 0 Å². The zero-order chi connectivity index (χ0) is 10.5. The number of aliphatic hydroxyl groups excluding tert-OH is 1. The maximum atomic E-state index is 11.3. The molecule has 0 spiro atoms. The van der Waals surface area contributed by atoms with Crippen LogP contribution in [-0.2, 0) is 4.79 Å². The van der Waals surface area contributed by atoms with E-state index in [1.807, 2.05) is 12.2 Å². The Morgan fingerprint density at radius 1 is 1.21 bits per heavy atom. The number of hydrogen-bond donors (Lipinski definition) is 1. The topological polar surface area (TPSA) is 37.3 Å². The van der Waals surface area contributed by atoms with Crippen LogP contribution in [0, 0.1) is 23.7 Å². The molecule has 0 aromatic carbocycles. The first-order valence-electron chi connectivity index (χ1n) is 5.16. The number of ketones is 1. The highest BCUT2D eigenvalue weighted by molar-refractivity contribution is 5.97. The minimum atomic E-state index is -0.0364. The smallest absolute Gasteiger partial charge is 0.163 e. The van der Waals surface area contributed by atoms with Crippen LogP contribution in [0.15, 0.2) is 23.5 Å². The number of aliphatic hydroxyl groups is 1. The number of allylic oxidation sites excluding steroid dienone is 3. The molecule has 0 aromatic heterocycles. The number of carbonyl (C=O) groups excluding carboxylic acids is 1. The van der Waals surface area contributed by atoms with Gasteiger partial charge in [0.25, 0.3) is 0 Å². The molecule has 0 amide bonds. The van der Waals surface area contributed by atoms with E-state index in [9.17, 15) is 9.90 Å². The molecular weight excluding hydrogens is 176 g/mol. The largest absolute Gasteiger partial charge is 0.508 e. The van der Waals surface area contributed by atoms with Crippen molar-refractivity contribution in [3.63, 3.8) is 0 Å². The Labute approximate surface area is 84.3 Å². The Hall–Kier alpha value is -1.05. The van der Waals surface area contributed by atoms with Gasteiger partial charge in [-0.15, -0.1) is 0 Å². The van der Waals surface area contributed by atoms with Crippen molar-refractivity contribution in [3.05, 3.63) is 23.5 Å². The Bertz CT molecular complexity index is 328. The standard InChI is InChI=1S/C12H16O2/c1-6-9-4-11(8(3)13)12(14)5-10(6)7(9)2/h4-7,9-10,14H,1-3H3. The molecule has 3 aliphatic rings. The molecule has 0 heterocycles. The summed E-state index contributed by atoms with van der Waals surface area (Å²) in [4.78, 5) is 11.3. The van der Waals surface area contributed by atoms with Crippen molar-refractivity contribution in [3.8, 4) is 0 Å². The lowest BCUT2D eigenvalue weighted by atomic mass is 9.59. The molecule has 0 saturated heterocycles. The lowest BCUT2D eigenvalue weighted by Crippen LogP contribution is -2.40. The molecule has 2 nitrogen and oxygen atoms in total. The van der Waals surface area contributed by atoms with Crippen LogP contribution in [0.3, 0.4) is 0 Å². The fourth-order valence-electron chi connectivity index (χ4n) is 2.78. The van der Waals surface area contributed by atoms with E-state index >= 15 is 0 Å². The molecule has 2 unspecified atom stereocenters. The molecule has 76 valence electrons. The molecule has 2 bridgehead atoms. The van der Waals surface area contributed by atoms with E-state index in [4.69, 9.17) is 0 Å². The number of rotatable bonds is 1. The summed E-state index contributed by atoms with van der Waals surface area (Å²) >= 11 is 0. The second-order valence-corrected chi connectivity index (χ2v) is 4.56. The molecule has 0 aromatic rings. The Morgan fingerprint density at radius 2 is 1.71 bits per heavy atom. The van der Waals surface area contributed by atoms with Crippen LogP contribution in [0.2, 0.25) is 0 Å². The Kier molecular flexibility index (Phi) is 2.02. The van der Waals surface area contributed by atoms with E-state index in [0.29, 0.717) is 29.2 Å². The van der Waals surface area contributed by atoms with Crippen LogP contribution in [0.1, 0.15) is 20.8 Å². The molecule has 2 atom stereocenters. The fraction of sp³-hybridized carbons (Fsp3) is 0.583. The molecule has 14 heavy (non-hydrogen) atoms. The summed E-state index contributed by atoms with van der Waals surface area (Å²) in [6.07, 6.45) is 3.80. The van der Waals surface area contributed by atoms with E-state index in [0.717, 1.165) is 0 Å². The van der Waals surface area contributed by atoms with Crippen molar-refractivity contribution in [2.24, 2.45) is 23.7 Å². The van der Waals surface area contributed by atoms with Crippen LogP contribution in [0.25, 0.3) is 0 Å². The molecule has 3 rings (SSSR count). The van der Waals surface area contributed by atoms with Crippen LogP contribution < -0.4 is 0 Å². The third kappa shape index (κ3) is 1.13. The highest BCUT2D eigenvalue weighted by atomic mass is 16.3. The first-order valence-corrected chi connectivity index (χ1v) is 5.16. The van der Waals surface area contributed by atoms with Gasteiger partial charge in [0.1, 0.15) is 5.76 Å². The summed E-state index contributed by atoms with van der Waals surface area (Å²) in [6, 6.07) is 0. The van der Waals surface area contributed by atoms with Crippen molar-refractivity contribution < 1.29 is 9.90 Å². The van der Waals surface area contributed by atoms with Crippen molar-refractivity contribution >= 4 is 5.78 Å². The number of hydrogen-bond acceptors (Lipinski definition) is 2. The van der Waals surface area contributed by atoms with Gasteiger partial charge in [-0.25, -0.2) is 0 Å². The van der Waals surface area contributed by atoms with Crippen molar-refractivity contribution in [1.82, 2.24) is 0 Å². The lowest BCUT2D eigenvalue weighted by molar-refractivity contribution is -0.113. The van der Waals surface area contributed by atoms with E-state index in [-0.39, 0.29) is 11.5 Å². The second-order valence-electron chi connectivity index (χ2n) is 4.56. The fourth-order valence-corrected chi connectivity index (χ4v) is 2.78. The quantitative estimate of drug-likeness (QED) is 0.693. The highest BCUT2D eigenvalue weighted by Gasteiger charge is 2.44. The summed E-state index contributed by atoms with van der Waals surface area (Å²) in [5.41, 5.74) is 0.508. The molecular formula is C12H16O2. The number of Topliss-reactive ketones (excluding diaryl/α,β-unsaturated/α-hetero) is 1. The summed E-state index contributed by atoms with van der Waals surface area (Å²) in [7, 11) is 0. The summed E-state index contributed by atoms with van der Waals surface area (Å²) in [5, 5.41) is 9.72. The predicted octanol–water partition coefficient (Wildman–Crippen LogP) is 2.48.